The van der Waals surface area contributed by atoms with Crippen molar-refractivity contribution in [1.82, 2.24) is 15.1 Å². The van der Waals surface area contributed by atoms with Crippen LogP contribution in [0.4, 0.5) is 0 Å². The molecule has 0 aliphatic rings. The largest absolute Gasteiger partial charge is 0.467 e. The highest BCUT2D eigenvalue weighted by Crippen LogP contribution is 2.21. The highest BCUT2D eigenvalue weighted by molar-refractivity contribution is 5.96. The van der Waals surface area contributed by atoms with E-state index in [4.69, 9.17) is 9.52 Å². The molecule has 0 aliphatic carbocycles. The van der Waals surface area contributed by atoms with Crippen LogP contribution < -0.4 is 5.32 Å². The summed E-state index contributed by atoms with van der Waals surface area (Å²) in [4.78, 5) is 12.8. The number of furan rings is 1. The van der Waals surface area contributed by atoms with Crippen molar-refractivity contribution in [2.75, 3.05) is 0 Å². The van der Waals surface area contributed by atoms with E-state index in [1.807, 2.05) is 42.8 Å². The van der Waals surface area contributed by atoms with Crippen LogP contribution in [0.25, 0.3) is 5.69 Å². The summed E-state index contributed by atoms with van der Waals surface area (Å²) in [5.74, 6) is 0.625. The van der Waals surface area contributed by atoms with E-state index in [2.05, 4.69) is 24.4 Å². The maximum absolute atomic E-state index is 12.8. The fourth-order valence-corrected chi connectivity index (χ4v) is 2.98. The lowest BCUT2D eigenvalue weighted by atomic mass is 10.1. The summed E-state index contributed by atoms with van der Waals surface area (Å²) in [7, 11) is 0. The monoisotopic (exact) mass is 337 g/mol. The molecule has 0 fully saturated rings. The van der Waals surface area contributed by atoms with Crippen LogP contribution in [0.1, 0.15) is 46.9 Å². The molecule has 0 unspecified atom stereocenters. The van der Waals surface area contributed by atoms with Gasteiger partial charge in [-0.3, -0.25) is 4.79 Å². The number of amides is 1. The second kappa shape index (κ2) is 7.38. The standard InChI is InChI=1S/C20H23N3O2/c1-4-17-19(20(24)21-13-16-10-7-11-25-16)18(5-2)23(22-17)15-9-6-8-14(3)12-15/h6-12H,4-5,13H2,1-3H3,(H,21,24). The SMILES string of the molecule is CCc1nn(-c2cccc(C)c2)c(CC)c1C(=O)NCc1ccco1. The Morgan fingerprint density at radius 3 is 2.68 bits per heavy atom. The Bertz CT molecular complexity index is 863. The van der Waals surface area contributed by atoms with Gasteiger partial charge in [-0.25, -0.2) is 4.68 Å². The molecule has 0 bridgehead atoms. The summed E-state index contributed by atoms with van der Waals surface area (Å²) in [6.07, 6.45) is 3.03. The predicted octanol–water partition coefficient (Wildman–Crippen LogP) is 3.83. The van der Waals surface area contributed by atoms with Crippen LogP contribution in [0.2, 0.25) is 0 Å². The van der Waals surface area contributed by atoms with Gasteiger partial charge in [-0.2, -0.15) is 5.10 Å². The zero-order valence-electron chi connectivity index (χ0n) is 14.9. The summed E-state index contributed by atoms with van der Waals surface area (Å²) in [6.45, 7) is 6.49. The summed E-state index contributed by atoms with van der Waals surface area (Å²) < 4.78 is 7.18. The highest BCUT2D eigenvalue weighted by atomic mass is 16.3. The first-order valence-corrected chi connectivity index (χ1v) is 8.62. The third-order valence-electron chi connectivity index (χ3n) is 4.20. The summed E-state index contributed by atoms with van der Waals surface area (Å²) in [5, 5.41) is 7.65. The zero-order chi connectivity index (χ0) is 17.8. The van der Waals surface area contributed by atoms with Gasteiger partial charge in [0.25, 0.3) is 5.91 Å². The van der Waals surface area contributed by atoms with Crippen molar-refractivity contribution in [1.29, 1.82) is 0 Å². The van der Waals surface area contributed by atoms with Gasteiger partial charge in [-0.1, -0.05) is 26.0 Å². The smallest absolute Gasteiger partial charge is 0.255 e. The lowest BCUT2D eigenvalue weighted by Gasteiger charge is -2.09. The summed E-state index contributed by atoms with van der Waals surface area (Å²) in [5.41, 5.74) is 4.57. The number of benzene rings is 1. The molecular weight excluding hydrogens is 314 g/mol. The Labute approximate surface area is 147 Å². The fourth-order valence-electron chi connectivity index (χ4n) is 2.98. The minimum absolute atomic E-state index is 0.107. The minimum atomic E-state index is -0.107. The molecule has 0 saturated carbocycles. The van der Waals surface area contributed by atoms with Crippen molar-refractivity contribution in [3.8, 4) is 5.69 Å². The number of nitrogens with zero attached hydrogens (tertiary/aromatic N) is 2. The third-order valence-corrected chi connectivity index (χ3v) is 4.20. The molecule has 2 heterocycles. The number of carbonyl (C=O) groups is 1. The van der Waals surface area contributed by atoms with E-state index in [-0.39, 0.29) is 5.91 Å². The van der Waals surface area contributed by atoms with Crippen LogP contribution in [0, 0.1) is 6.92 Å². The number of rotatable bonds is 6. The van der Waals surface area contributed by atoms with E-state index in [9.17, 15) is 4.79 Å². The molecule has 130 valence electrons. The lowest BCUT2D eigenvalue weighted by molar-refractivity contribution is 0.0946. The number of aromatic nitrogens is 2. The lowest BCUT2D eigenvalue weighted by Crippen LogP contribution is -2.24. The normalized spacial score (nSPS) is 10.8. The summed E-state index contributed by atoms with van der Waals surface area (Å²) in [6, 6.07) is 11.8. The van der Waals surface area contributed by atoms with Gasteiger partial charge >= 0.3 is 0 Å². The molecular formula is C20H23N3O2. The van der Waals surface area contributed by atoms with Crippen LogP contribution in [0.5, 0.6) is 0 Å². The first kappa shape index (κ1) is 17.0. The number of hydrogen-bond acceptors (Lipinski definition) is 3. The van der Waals surface area contributed by atoms with Gasteiger partial charge in [-0.05, 0) is 49.6 Å². The van der Waals surface area contributed by atoms with Gasteiger partial charge in [-0.15, -0.1) is 0 Å². The van der Waals surface area contributed by atoms with E-state index in [0.717, 1.165) is 34.8 Å². The zero-order valence-corrected chi connectivity index (χ0v) is 14.9. The molecule has 1 aromatic carbocycles. The Hall–Kier alpha value is -2.82. The summed E-state index contributed by atoms with van der Waals surface area (Å²) >= 11 is 0. The van der Waals surface area contributed by atoms with Crippen LogP contribution in [-0.2, 0) is 19.4 Å². The first-order valence-electron chi connectivity index (χ1n) is 8.62. The van der Waals surface area contributed by atoms with Crippen molar-refractivity contribution in [3.05, 3.63) is 70.9 Å². The van der Waals surface area contributed by atoms with Gasteiger partial charge in [0.05, 0.1) is 35.4 Å². The second-order valence-electron chi connectivity index (χ2n) is 5.99. The molecule has 0 radical (unpaired) electrons. The predicted molar refractivity (Wildman–Crippen MR) is 96.9 cm³/mol. The molecule has 3 aromatic rings. The van der Waals surface area contributed by atoms with E-state index < -0.39 is 0 Å². The van der Waals surface area contributed by atoms with E-state index in [0.29, 0.717) is 18.5 Å². The molecule has 1 amide bonds. The van der Waals surface area contributed by atoms with Crippen LogP contribution in [0.3, 0.4) is 0 Å². The minimum Gasteiger partial charge on any atom is -0.467 e. The molecule has 5 heteroatoms. The van der Waals surface area contributed by atoms with Crippen molar-refractivity contribution in [3.63, 3.8) is 0 Å². The average molecular weight is 337 g/mol. The molecule has 25 heavy (non-hydrogen) atoms. The molecule has 0 spiro atoms. The van der Waals surface area contributed by atoms with Gasteiger partial charge in [0, 0.05) is 0 Å². The third kappa shape index (κ3) is 3.50. The molecule has 2 aromatic heterocycles. The maximum Gasteiger partial charge on any atom is 0.255 e. The van der Waals surface area contributed by atoms with Crippen molar-refractivity contribution < 1.29 is 9.21 Å². The Morgan fingerprint density at radius 1 is 1.20 bits per heavy atom. The van der Waals surface area contributed by atoms with Gasteiger partial charge < -0.3 is 9.73 Å². The highest BCUT2D eigenvalue weighted by Gasteiger charge is 2.22. The van der Waals surface area contributed by atoms with E-state index in [1.165, 1.54) is 0 Å². The molecule has 0 atom stereocenters. The average Bonchev–Trinajstić information content (AvgIpc) is 3.26. The van der Waals surface area contributed by atoms with Gasteiger partial charge in [0.2, 0.25) is 0 Å². The van der Waals surface area contributed by atoms with E-state index in [1.54, 1.807) is 6.26 Å². The van der Waals surface area contributed by atoms with Gasteiger partial charge in [0.15, 0.2) is 0 Å². The second-order valence-corrected chi connectivity index (χ2v) is 5.99. The topological polar surface area (TPSA) is 60.1 Å². The van der Waals surface area contributed by atoms with Crippen molar-refractivity contribution in [2.24, 2.45) is 0 Å². The number of carbonyl (C=O) groups excluding carboxylic acids is 1. The van der Waals surface area contributed by atoms with E-state index >= 15 is 0 Å². The maximum atomic E-state index is 12.8. The van der Waals surface area contributed by atoms with Crippen LogP contribution in [-0.4, -0.2) is 15.7 Å². The fraction of sp³-hybridized carbons (Fsp3) is 0.300. The van der Waals surface area contributed by atoms with Crippen molar-refractivity contribution >= 4 is 5.91 Å². The molecule has 0 saturated heterocycles. The molecule has 3 rings (SSSR count). The van der Waals surface area contributed by atoms with Crippen LogP contribution in [0.15, 0.2) is 47.1 Å². The number of aryl methyl sites for hydroxylation is 2. The molecule has 1 N–H and O–H groups in total. The number of nitrogens with one attached hydrogen (secondary N) is 1. The Kier molecular flexibility index (Phi) is 5.03. The molecule has 5 nitrogen and oxygen atoms in total. The molecule has 0 aliphatic heterocycles. The first-order chi connectivity index (χ1) is 12.1. The van der Waals surface area contributed by atoms with Crippen molar-refractivity contribution in [2.45, 2.75) is 40.2 Å². The quantitative estimate of drug-likeness (QED) is 0.744. The Morgan fingerprint density at radius 2 is 2.04 bits per heavy atom. The van der Waals surface area contributed by atoms with Crippen LogP contribution >= 0.6 is 0 Å². The number of hydrogen-bond donors (Lipinski definition) is 1. The Balaban J connectivity index is 1.96. The van der Waals surface area contributed by atoms with Gasteiger partial charge in [0.1, 0.15) is 5.76 Å².